The van der Waals surface area contributed by atoms with Crippen molar-refractivity contribution >= 4 is 5.91 Å². The Balaban J connectivity index is 1.63. The Kier molecular flexibility index (Phi) is 8.35. The van der Waals surface area contributed by atoms with Gasteiger partial charge in [-0.3, -0.25) is 9.59 Å². The van der Waals surface area contributed by atoms with Crippen LogP contribution in [0.15, 0.2) is 66.0 Å². The highest BCUT2D eigenvalue weighted by Crippen LogP contribution is 2.31. The van der Waals surface area contributed by atoms with Crippen molar-refractivity contribution < 1.29 is 14.3 Å². The molecule has 1 heterocycles. The average Bonchev–Trinajstić information content (AvgIpc) is 2.84. The number of H-pyrrole nitrogens is 1. The Labute approximate surface area is 192 Å². The minimum absolute atomic E-state index is 0.121. The fourth-order valence-corrected chi connectivity index (χ4v) is 3.21. The lowest BCUT2D eigenvalue weighted by molar-refractivity contribution is -0.121. The van der Waals surface area contributed by atoms with Gasteiger partial charge in [0.05, 0.1) is 19.8 Å². The fraction of sp³-hybridized carbons (Fsp3) is 0.280. The number of methoxy groups -OCH3 is 1. The van der Waals surface area contributed by atoms with Crippen molar-refractivity contribution in [1.82, 2.24) is 20.5 Å². The lowest BCUT2D eigenvalue weighted by Crippen LogP contribution is -2.28. The van der Waals surface area contributed by atoms with Crippen molar-refractivity contribution in [3.8, 4) is 22.9 Å². The van der Waals surface area contributed by atoms with Crippen LogP contribution in [-0.4, -0.2) is 34.8 Å². The molecular formula is C25H28N4O4. The van der Waals surface area contributed by atoms with Gasteiger partial charge in [0.25, 0.3) is 5.56 Å². The topological polar surface area (TPSA) is 106 Å². The molecule has 0 aliphatic heterocycles. The smallest absolute Gasteiger partial charge is 0.273 e. The maximum absolute atomic E-state index is 12.5. The second-order valence-electron chi connectivity index (χ2n) is 7.44. The summed E-state index contributed by atoms with van der Waals surface area (Å²) in [5.74, 6) is 1.26. The molecule has 2 aromatic carbocycles. The van der Waals surface area contributed by atoms with Crippen LogP contribution in [0.4, 0.5) is 0 Å². The summed E-state index contributed by atoms with van der Waals surface area (Å²) >= 11 is 0. The minimum Gasteiger partial charge on any atom is -0.493 e. The lowest BCUT2D eigenvalue weighted by atomic mass is 10.1. The third-order valence-electron chi connectivity index (χ3n) is 5.05. The molecule has 0 saturated carbocycles. The second kappa shape index (κ2) is 11.6. The number of carbonyl (C=O) groups is 1. The molecule has 0 saturated heterocycles. The number of rotatable bonds is 11. The van der Waals surface area contributed by atoms with E-state index in [-0.39, 0.29) is 36.0 Å². The van der Waals surface area contributed by atoms with E-state index in [1.165, 1.54) is 0 Å². The molecule has 8 heteroatoms. The van der Waals surface area contributed by atoms with Crippen molar-refractivity contribution in [3.05, 3.63) is 82.8 Å². The van der Waals surface area contributed by atoms with E-state index in [0.29, 0.717) is 35.9 Å². The summed E-state index contributed by atoms with van der Waals surface area (Å²) in [4.78, 5) is 27.5. The van der Waals surface area contributed by atoms with Crippen molar-refractivity contribution in [2.75, 3.05) is 13.7 Å². The van der Waals surface area contributed by atoms with E-state index < -0.39 is 0 Å². The third-order valence-corrected chi connectivity index (χ3v) is 5.05. The Hall–Kier alpha value is -3.94. The molecule has 33 heavy (non-hydrogen) atoms. The van der Waals surface area contributed by atoms with E-state index in [1.54, 1.807) is 31.4 Å². The zero-order valence-corrected chi connectivity index (χ0v) is 18.8. The SMILES string of the molecule is C=CCCOc1ccc(-c2nnc(CCC(=O)NC(C)c3ccccc3)c(=O)[nH]2)cc1OC. The summed E-state index contributed by atoms with van der Waals surface area (Å²) in [6.45, 7) is 6.07. The molecule has 1 unspecified atom stereocenters. The lowest BCUT2D eigenvalue weighted by Gasteiger charge is -2.14. The maximum atomic E-state index is 12.5. The summed E-state index contributed by atoms with van der Waals surface area (Å²) in [5, 5.41) is 11.1. The van der Waals surface area contributed by atoms with E-state index in [1.807, 2.05) is 37.3 Å². The molecule has 3 rings (SSSR count). The maximum Gasteiger partial charge on any atom is 0.273 e. The van der Waals surface area contributed by atoms with E-state index in [4.69, 9.17) is 9.47 Å². The summed E-state index contributed by atoms with van der Waals surface area (Å²) in [6.07, 6.45) is 2.82. The van der Waals surface area contributed by atoms with Crippen LogP contribution in [-0.2, 0) is 11.2 Å². The van der Waals surface area contributed by atoms with E-state index in [9.17, 15) is 9.59 Å². The first-order chi connectivity index (χ1) is 16.0. The van der Waals surface area contributed by atoms with Gasteiger partial charge in [-0.2, -0.15) is 0 Å². The summed E-state index contributed by atoms with van der Waals surface area (Å²) in [7, 11) is 1.54. The van der Waals surface area contributed by atoms with Gasteiger partial charge in [0, 0.05) is 18.4 Å². The molecule has 0 aliphatic rings. The molecule has 172 valence electrons. The van der Waals surface area contributed by atoms with Gasteiger partial charge in [-0.25, -0.2) is 0 Å². The van der Waals surface area contributed by atoms with Crippen LogP contribution < -0.4 is 20.3 Å². The van der Waals surface area contributed by atoms with Crippen LogP contribution in [0.25, 0.3) is 11.4 Å². The van der Waals surface area contributed by atoms with Gasteiger partial charge in [-0.1, -0.05) is 36.4 Å². The van der Waals surface area contributed by atoms with E-state index in [0.717, 1.165) is 5.56 Å². The van der Waals surface area contributed by atoms with Crippen molar-refractivity contribution in [2.24, 2.45) is 0 Å². The van der Waals surface area contributed by atoms with Crippen molar-refractivity contribution in [1.29, 1.82) is 0 Å². The third kappa shape index (κ3) is 6.52. The van der Waals surface area contributed by atoms with Gasteiger partial charge in [-0.05, 0) is 37.1 Å². The van der Waals surface area contributed by atoms with Crippen LogP contribution in [0.5, 0.6) is 11.5 Å². The van der Waals surface area contributed by atoms with Gasteiger partial charge in [-0.15, -0.1) is 16.8 Å². The highest BCUT2D eigenvalue weighted by Gasteiger charge is 2.13. The van der Waals surface area contributed by atoms with Crippen LogP contribution in [0.3, 0.4) is 0 Å². The number of nitrogens with zero attached hydrogens (tertiary/aromatic N) is 2. The highest BCUT2D eigenvalue weighted by molar-refractivity contribution is 5.76. The predicted molar refractivity (Wildman–Crippen MR) is 126 cm³/mol. The zero-order chi connectivity index (χ0) is 23.6. The first kappa shape index (κ1) is 23.7. The number of aromatic amines is 1. The molecule has 0 bridgehead atoms. The number of ether oxygens (including phenoxy) is 2. The standard InChI is InChI=1S/C25H28N4O4/c1-4-5-15-33-21-13-11-19(16-22(21)32-3)24-27-25(31)20(28-29-24)12-14-23(30)26-17(2)18-9-7-6-8-10-18/h4,6-11,13,16-17H,1,5,12,14-15H2,2-3H3,(H,26,30)(H,27,29,31). The molecule has 0 radical (unpaired) electrons. The Morgan fingerprint density at radius 2 is 1.97 bits per heavy atom. The van der Waals surface area contributed by atoms with Gasteiger partial charge >= 0.3 is 0 Å². The predicted octanol–water partition coefficient (Wildman–Crippen LogP) is 3.61. The van der Waals surface area contributed by atoms with Crippen molar-refractivity contribution in [3.63, 3.8) is 0 Å². The van der Waals surface area contributed by atoms with Gasteiger partial charge in [0.15, 0.2) is 17.3 Å². The number of aryl methyl sites for hydroxylation is 1. The molecule has 1 amide bonds. The molecule has 0 aliphatic carbocycles. The first-order valence-corrected chi connectivity index (χ1v) is 10.7. The fourth-order valence-electron chi connectivity index (χ4n) is 3.21. The van der Waals surface area contributed by atoms with Crippen molar-refractivity contribution in [2.45, 2.75) is 32.2 Å². The molecule has 0 fully saturated rings. The number of aromatic nitrogens is 3. The van der Waals surface area contributed by atoms with Crippen LogP contribution in [0.2, 0.25) is 0 Å². The number of carbonyl (C=O) groups excluding carboxylic acids is 1. The molecule has 3 aromatic rings. The Morgan fingerprint density at radius 3 is 2.67 bits per heavy atom. The normalized spacial score (nSPS) is 11.5. The number of hydrogen-bond acceptors (Lipinski definition) is 6. The van der Waals surface area contributed by atoms with Crippen LogP contribution >= 0.6 is 0 Å². The monoisotopic (exact) mass is 448 g/mol. The summed E-state index contributed by atoms with van der Waals surface area (Å²) in [5.41, 5.74) is 1.47. The van der Waals surface area contributed by atoms with Crippen LogP contribution in [0, 0.1) is 0 Å². The molecule has 0 spiro atoms. The van der Waals surface area contributed by atoms with Crippen LogP contribution in [0.1, 0.15) is 37.1 Å². The molecule has 2 N–H and O–H groups in total. The van der Waals surface area contributed by atoms with Gasteiger partial charge in [0.1, 0.15) is 5.69 Å². The minimum atomic E-state index is -0.380. The van der Waals surface area contributed by atoms with Gasteiger partial charge < -0.3 is 19.8 Å². The summed E-state index contributed by atoms with van der Waals surface area (Å²) in [6, 6.07) is 14.8. The number of nitrogens with one attached hydrogen (secondary N) is 2. The average molecular weight is 449 g/mol. The van der Waals surface area contributed by atoms with E-state index >= 15 is 0 Å². The quantitative estimate of drug-likeness (QED) is 0.343. The largest absolute Gasteiger partial charge is 0.493 e. The Bertz CT molecular complexity index is 1140. The number of benzene rings is 2. The molecule has 1 aromatic heterocycles. The molecular weight excluding hydrogens is 420 g/mol. The summed E-state index contributed by atoms with van der Waals surface area (Å²) < 4.78 is 11.1. The molecule has 1 atom stereocenters. The second-order valence-corrected chi connectivity index (χ2v) is 7.44. The van der Waals surface area contributed by atoms with E-state index in [2.05, 4.69) is 27.1 Å². The zero-order valence-electron chi connectivity index (χ0n) is 18.8. The number of hydrogen-bond donors (Lipinski definition) is 2. The molecule has 8 nitrogen and oxygen atoms in total. The highest BCUT2D eigenvalue weighted by atomic mass is 16.5. The van der Waals surface area contributed by atoms with Gasteiger partial charge in [0.2, 0.25) is 5.91 Å². The first-order valence-electron chi connectivity index (χ1n) is 10.7. The number of amides is 1. The Morgan fingerprint density at radius 1 is 1.18 bits per heavy atom.